The number of rotatable bonds is 7. The summed E-state index contributed by atoms with van der Waals surface area (Å²) in [5.74, 6) is 0.261. The fourth-order valence-electron chi connectivity index (χ4n) is 1.60. The lowest BCUT2D eigenvalue weighted by Crippen LogP contribution is -2.46. The second-order valence-corrected chi connectivity index (χ2v) is 4.63. The number of aliphatic hydroxyl groups excluding tert-OH is 1. The predicted octanol–water partition coefficient (Wildman–Crippen LogP) is 0.881. The van der Waals surface area contributed by atoms with Crippen LogP contribution in [0.3, 0.4) is 0 Å². The Hall–Kier alpha value is -1.59. The number of nitrogens with two attached hydrogens (primary N) is 1. The molecule has 0 spiro atoms. The van der Waals surface area contributed by atoms with E-state index in [9.17, 15) is 4.79 Å². The van der Waals surface area contributed by atoms with Crippen LogP contribution in [-0.2, 0) is 16.0 Å². The molecular formula is C14H21NO4. The summed E-state index contributed by atoms with van der Waals surface area (Å²) >= 11 is 0. The summed E-state index contributed by atoms with van der Waals surface area (Å²) in [6, 6.07) is 7.45. The van der Waals surface area contributed by atoms with Crippen LogP contribution in [0.25, 0.3) is 0 Å². The predicted molar refractivity (Wildman–Crippen MR) is 72.0 cm³/mol. The molecule has 1 atom stereocenters. The molecule has 1 aromatic rings. The molecule has 1 unspecified atom stereocenters. The summed E-state index contributed by atoms with van der Waals surface area (Å²) in [5, 5.41) is 8.81. The number of carbonyl (C=O) groups is 1. The molecule has 3 N–H and O–H groups in total. The van der Waals surface area contributed by atoms with Crippen molar-refractivity contribution in [3.8, 4) is 5.75 Å². The van der Waals surface area contributed by atoms with Gasteiger partial charge in [-0.2, -0.15) is 0 Å². The highest BCUT2D eigenvalue weighted by Gasteiger charge is 2.29. The minimum Gasteiger partial charge on any atom is -0.494 e. The molecule has 0 saturated carbocycles. The number of hydrogen-bond donors (Lipinski definition) is 2. The number of esters is 1. The molecule has 106 valence electrons. The Morgan fingerprint density at radius 2 is 2.00 bits per heavy atom. The minimum atomic E-state index is -1.04. The summed E-state index contributed by atoms with van der Waals surface area (Å²) in [6.07, 6.45) is 1.00. The molecule has 0 aliphatic heterocycles. The van der Waals surface area contributed by atoms with E-state index in [2.05, 4.69) is 4.74 Å². The Kier molecular flexibility index (Phi) is 5.79. The van der Waals surface area contributed by atoms with E-state index in [4.69, 9.17) is 15.6 Å². The zero-order valence-corrected chi connectivity index (χ0v) is 11.4. The molecule has 1 rings (SSSR count). The smallest absolute Gasteiger partial charge is 0.325 e. The number of carbonyl (C=O) groups excluding carboxylic acids is 1. The molecule has 0 heterocycles. The zero-order valence-electron chi connectivity index (χ0n) is 11.4. The van der Waals surface area contributed by atoms with Crippen LogP contribution in [0, 0.1) is 0 Å². The molecule has 5 nitrogen and oxygen atoms in total. The van der Waals surface area contributed by atoms with Crippen molar-refractivity contribution in [1.29, 1.82) is 0 Å². The van der Waals surface area contributed by atoms with Crippen LogP contribution in [0.1, 0.15) is 18.9 Å². The second kappa shape index (κ2) is 7.11. The molecule has 0 bridgehead atoms. The summed E-state index contributed by atoms with van der Waals surface area (Å²) in [6.45, 7) is 2.08. The Morgan fingerprint density at radius 3 is 2.53 bits per heavy atom. The van der Waals surface area contributed by atoms with Crippen molar-refractivity contribution in [3.05, 3.63) is 29.8 Å². The maximum Gasteiger partial charge on any atom is 0.325 e. The van der Waals surface area contributed by atoms with Crippen LogP contribution in [0.15, 0.2) is 24.3 Å². The van der Waals surface area contributed by atoms with Crippen molar-refractivity contribution in [3.63, 3.8) is 0 Å². The van der Waals surface area contributed by atoms with Gasteiger partial charge in [0.1, 0.15) is 11.3 Å². The summed E-state index contributed by atoms with van der Waals surface area (Å²) in [4.78, 5) is 11.4. The zero-order chi connectivity index (χ0) is 14.3. The molecule has 5 heteroatoms. The summed E-state index contributed by atoms with van der Waals surface area (Å²) in [7, 11) is 1.31. The van der Waals surface area contributed by atoms with Gasteiger partial charge in [0.15, 0.2) is 0 Å². The number of hydrogen-bond acceptors (Lipinski definition) is 5. The van der Waals surface area contributed by atoms with Crippen LogP contribution in [-0.4, -0.2) is 36.9 Å². The highest BCUT2D eigenvalue weighted by atomic mass is 16.5. The number of ether oxygens (including phenoxy) is 2. The van der Waals surface area contributed by atoms with Gasteiger partial charge in [-0.3, -0.25) is 4.79 Å². The van der Waals surface area contributed by atoms with Gasteiger partial charge in [-0.15, -0.1) is 0 Å². The van der Waals surface area contributed by atoms with Crippen molar-refractivity contribution in [2.75, 3.05) is 20.3 Å². The van der Waals surface area contributed by atoms with Gasteiger partial charge in [-0.05, 0) is 31.0 Å². The normalized spacial score (nSPS) is 13.7. The number of benzene rings is 1. The summed E-state index contributed by atoms with van der Waals surface area (Å²) in [5.41, 5.74) is 5.83. The van der Waals surface area contributed by atoms with Gasteiger partial charge in [0.2, 0.25) is 0 Å². The van der Waals surface area contributed by atoms with E-state index in [-0.39, 0.29) is 6.61 Å². The average Bonchev–Trinajstić information content (AvgIpc) is 2.40. The summed E-state index contributed by atoms with van der Waals surface area (Å²) < 4.78 is 10.1. The largest absolute Gasteiger partial charge is 0.494 e. The molecule has 0 fully saturated rings. The van der Waals surface area contributed by atoms with Crippen molar-refractivity contribution in [1.82, 2.24) is 0 Å². The second-order valence-electron chi connectivity index (χ2n) is 4.63. The van der Waals surface area contributed by atoms with Crippen LogP contribution in [0.2, 0.25) is 0 Å². The van der Waals surface area contributed by atoms with E-state index in [0.29, 0.717) is 25.2 Å². The fourth-order valence-corrected chi connectivity index (χ4v) is 1.60. The minimum absolute atomic E-state index is 0.130. The lowest BCUT2D eigenvalue weighted by Gasteiger charge is -2.21. The van der Waals surface area contributed by atoms with Crippen molar-refractivity contribution in [2.45, 2.75) is 25.3 Å². The standard InChI is InChI=1S/C14H21NO4/c1-14(15,13(17)18-2)8-10-19-12-5-3-11(4-6-12)7-9-16/h3-6,16H,7-10,15H2,1-2H3. The quantitative estimate of drug-likeness (QED) is 0.717. The van der Waals surface area contributed by atoms with Gasteiger partial charge in [0.25, 0.3) is 0 Å². The van der Waals surface area contributed by atoms with Crippen molar-refractivity contribution in [2.24, 2.45) is 5.73 Å². The molecule has 0 amide bonds. The van der Waals surface area contributed by atoms with Crippen LogP contribution >= 0.6 is 0 Å². The number of methoxy groups -OCH3 is 1. The van der Waals surface area contributed by atoms with E-state index in [1.165, 1.54) is 7.11 Å². The van der Waals surface area contributed by atoms with Gasteiger partial charge >= 0.3 is 5.97 Å². The topological polar surface area (TPSA) is 81.8 Å². The third kappa shape index (κ3) is 4.89. The maximum atomic E-state index is 11.4. The monoisotopic (exact) mass is 267 g/mol. The first-order valence-corrected chi connectivity index (χ1v) is 6.19. The Bertz CT molecular complexity index is 400. The Labute approximate surface area is 113 Å². The van der Waals surface area contributed by atoms with Crippen LogP contribution in [0.5, 0.6) is 5.75 Å². The molecule has 19 heavy (non-hydrogen) atoms. The van der Waals surface area contributed by atoms with E-state index < -0.39 is 11.5 Å². The van der Waals surface area contributed by atoms with Gasteiger partial charge in [-0.25, -0.2) is 0 Å². The van der Waals surface area contributed by atoms with Crippen LogP contribution in [0.4, 0.5) is 0 Å². The molecule has 0 saturated heterocycles. The lowest BCUT2D eigenvalue weighted by atomic mass is 10.0. The first-order chi connectivity index (χ1) is 8.99. The van der Waals surface area contributed by atoms with E-state index in [1.807, 2.05) is 24.3 Å². The lowest BCUT2D eigenvalue weighted by molar-refractivity contribution is -0.146. The Morgan fingerprint density at radius 1 is 1.37 bits per heavy atom. The highest BCUT2D eigenvalue weighted by Crippen LogP contribution is 2.14. The van der Waals surface area contributed by atoms with Crippen molar-refractivity contribution < 1.29 is 19.4 Å². The van der Waals surface area contributed by atoms with Crippen molar-refractivity contribution >= 4 is 5.97 Å². The Balaban J connectivity index is 2.42. The SMILES string of the molecule is COC(=O)C(C)(N)CCOc1ccc(CCO)cc1. The molecule has 0 aliphatic carbocycles. The average molecular weight is 267 g/mol. The highest BCUT2D eigenvalue weighted by molar-refractivity contribution is 5.79. The third-order valence-electron chi connectivity index (χ3n) is 2.87. The maximum absolute atomic E-state index is 11.4. The van der Waals surface area contributed by atoms with Gasteiger partial charge in [-0.1, -0.05) is 12.1 Å². The van der Waals surface area contributed by atoms with E-state index in [0.717, 1.165) is 5.56 Å². The molecular weight excluding hydrogens is 246 g/mol. The van der Waals surface area contributed by atoms with Gasteiger partial charge in [0, 0.05) is 13.0 Å². The van der Waals surface area contributed by atoms with E-state index in [1.54, 1.807) is 6.92 Å². The van der Waals surface area contributed by atoms with Gasteiger partial charge < -0.3 is 20.3 Å². The molecule has 1 aromatic carbocycles. The molecule has 0 aliphatic rings. The third-order valence-corrected chi connectivity index (χ3v) is 2.87. The number of aliphatic hydroxyl groups is 1. The van der Waals surface area contributed by atoms with Crippen LogP contribution < -0.4 is 10.5 Å². The first kappa shape index (κ1) is 15.5. The first-order valence-electron chi connectivity index (χ1n) is 6.19. The van der Waals surface area contributed by atoms with E-state index >= 15 is 0 Å². The fraction of sp³-hybridized carbons (Fsp3) is 0.500. The molecule has 0 aromatic heterocycles. The molecule has 0 radical (unpaired) electrons. The van der Waals surface area contributed by atoms with Gasteiger partial charge in [0.05, 0.1) is 13.7 Å².